The quantitative estimate of drug-likeness (QED) is 0.514. The van der Waals surface area contributed by atoms with Gasteiger partial charge in [0.1, 0.15) is 11.5 Å². The van der Waals surface area contributed by atoms with Crippen molar-refractivity contribution in [2.24, 2.45) is 0 Å². The van der Waals surface area contributed by atoms with E-state index in [2.05, 4.69) is 4.89 Å². The summed E-state index contributed by atoms with van der Waals surface area (Å²) in [5.41, 5.74) is 2.57. The van der Waals surface area contributed by atoms with Crippen LogP contribution in [0.2, 0.25) is 0 Å². The van der Waals surface area contributed by atoms with Crippen LogP contribution in [0.4, 0.5) is 0 Å². The summed E-state index contributed by atoms with van der Waals surface area (Å²) in [6, 6.07) is 11.7. The van der Waals surface area contributed by atoms with Gasteiger partial charge in [-0.2, -0.15) is 8.42 Å². The molecule has 0 aliphatic carbocycles. The van der Waals surface area contributed by atoms with E-state index in [-0.39, 0.29) is 11.5 Å². The molecule has 20 heavy (non-hydrogen) atoms. The van der Waals surface area contributed by atoms with Gasteiger partial charge in [0.25, 0.3) is 10.1 Å². The summed E-state index contributed by atoms with van der Waals surface area (Å²) in [5, 5.41) is 8.42. The lowest BCUT2D eigenvalue weighted by Crippen LogP contribution is -2.02. The summed E-state index contributed by atoms with van der Waals surface area (Å²) >= 11 is 0. The predicted molar refractivity (Wildman–Crippen MR) is 73.8 cm³/mol. The Labute approximate surface area is 117 Å². The lowest BCUT2D eigenvalue weighted by atomic mass is 10.0. The summed E-state index contributed by atoms with van der Waals surface area (Å²) in [5.74, 6) is 0. The maximum Gasteiger partial charge on any atom is 0.295 e. The lowest BCUT2D eigenvalue weighted by Gasteiger charge is -2.10. The van der Waals surface area contributed by atoms with E-state index in [0.717, 1.165) is 5.56 Å². The van der Waals surface area contributed by atoms with Gasteiger partial charge in [0, 0.05) is 5.56 Å². The first-order valence-electron chi connectivity index (χ1n) is 5.85. The van der Waals surface area contributed by atoms with Crippen LogP contribution in [-0.4, -0.2) is 18.2 Å². The molecule has 0 heterocycles. The lowest BCUT2D eigenvalue weighted by molar-refractivity contribution is -0.253. The van der Waals surface area contributed by atoms with Crippen molar-refractivity contribution in [3.05, 3.63) is 53.6 Å². The molecule has 0 spiro atoms. The largest absolute Gasteiger partial charge is 0.295 e. The normalized spacial score (nSPS) is 11.6. The van der Waals surface area contributed by atoms with Gasteiger partial charge in [0.2, 0.25) is 0 Å². The van der Waals surface area contributed by atoms with Crippen LogP contribution in [0.3, 0.4) is 0 Å². The zero-order valence-electron chi connectivity index (χ0n) is 10.8. The van der Waals surface area contributed by atoms with Crippen LogP contribution in [-0.2, 0) is 21.6 Å². The van der Waals surface area contributed by atoms with Crippen LogP contribution in [0.25, 0.3) is 11.1 Å². The molecule has 6 heteroatoms. The van der Waals surface area contributed by atoms with Gasteiger partial charge in [-0.15, -0.1) is 0 Å². The molecule has 2 N–H and O–H groups in total. The number of hydrogen-bond acceptors (Lipinski definition) is 4. The molecule has 0 aromatic heterocycles. The molecule has 0 amide bonds. The number of benzene rings is 2. The Hall–Kier alpha value is -1.73. The van der Waals surface area contributed by atoms with E-state index in [4.69, 9.17) is 5.26 Å². The van der Waals surface area contributed by atoms with Crippen molar-refractivity contribution in [1.29, 1.82) is 0 Å². The maximum absolute atomic E-state index is 11.5. The van der Waals surface area contributed by atoms with Crippen molar-refractivity contribution in [2.75, 3.05) is 0 Å². The Morgan fingerprint density at radius 3 is 2.30 bits per heavy atom. The Bertz CT molecular complexity index is 705. The second kappa shape index (κ2) is 5.72. The molecule has 2 rings (SSSR count). The molecule has 2 aromatic rings. The van der Waals surface area contributed by atoms with Crippen molar-refractivity contribution < 1.29 is 23.1 Å². The molecule has 0 aliphatic rings. The second-order valence-electron chi connectivity index (χ2n) is 4.45. The fourth-order valence-corrected chi connectivity index (χ4v) is 2.68. The van der Waals surface area contributed by atoms with Crippen molar-refractivity contribution in [2.45, 2.75) is 18.4 Å². The van der Waals surface area contributed by atoms with Crippen molar-refractivity contribution in [3.8, 4) is 11.1 Å². The van der Waals surface area contributed by atoms with E-state index in [0.29, 0.717) is 16.7 Å². The molecule has 0 bridgehead atoms. The highest BCUT2D eigenvalue weighted by Crippen LogP contribution is 2.28. The van der Waals surface area contributed by atoms with Crippen molar-refractivity contribution in [1.82, 2.24) is 0 Å². The average Bonchev–Trinajstić information content (AvgIpc) is 2.39. The van der Waals surface area contributed by atoms with Crippen molar-refractivity contribution >= 4 is 10.1 Å². The molecule has 0 aliphatic heterocycles. The molecule has 106 valence electrons. The van der Waals surface area contributed by atoms with Crippen LogP contribution in [0.15, 0.2) is 47.4 Å². The zero-order chi connectivity index (χ0) is 14.8. The van der Waals surface area contributed by atoms with Crippen LogP contribution in [0, 0.1) is 6.92 Å². The number of aryl methyl sites for hydroxylation is 1. The fourth-order valence-electron chi connectivity index (χ4n) is 1.92. The van der Waals surface area contributed by atoms with E-state index in [1.807, 2.05) is 19.1 Å². The molecule has 0 fully saturated rings. The Morgan fingerprint density at radius 1 is 1.10 bits per heavy atom. The highest BCUT2D eigenvalue weighted by atomic mass is 32.2. The van der Waals surface area contributed by atoms with Gasteiger partial charge in [-0.3, -0.25) is 9.81 Å². The molecule has 5 nitrogen and oxygen atoms in total. The molecule has 0 saturated carbocycles. The fraction of sp³-hybridized carbons (Fsp3) is 0.143. The minimum atomic E-state index is -4.37. The summed E-state index contributed by atoms with van der Waals surface area (Å²) in [6.45, 7) is 1.77. The van der Waals surface area contributed by atoms with Crippen LogP contribution >= 0.6 is 0 Å². The van der Waals surface area contributed by atoms with Gasteiger partial charge < -0.3 is 0 Å². The van der Waals surface area contributed by atoms with Crippen LogP contribution < -0.4 is 0 Å². The van der Waals surface area contributed by atoms with Gasteiger partial charge in [-0.05, 0) is 24.1 Å². The summed E-state index contributed by atoms with van der Waals surface area (Å²) in [4.78, 5) is 3.77. The van der Waals surface area contributed by atoms with E-state index < -0.39 is 10.1 Å². The van der Waals surface area contributed by atoms with Gasteiger partial charge in [-0.1, -0.05) is 42.0 Å². The Kier molecular flexibility index (Phi) is 4.20. The SMILES string of the molecule is Cc1ccc(-c2ccc(COO)cc2S(=O)(=O)O)cc1. The number of hydrogen-bond donors (Lipinski definition) is 2. The third-order valence-corrected chi connectivity index (χ3v) is 3.81. The predicted octanol–water partition coefficient (Wildman–Crippen LogP) is 2.90. The Balaban J connectivity index is 2.60. The highest BCUT2D eigenvalue weighted by Gasteiger charge is 2.17. The summed E-state index contributed by atoms with van der Waals surface area (Å²) in [6.07, 6.45) is 0. The van der Waals surface area contributed by atoms with E-state index in [9.17, 15) is 13.0 Å². The van der Waals surface area contributed by atoms with Crippen LogP contribution in [0.1, 0.15) is 11.1 Å². The van der Waals surface area contributed by atoms with Gasteiger partial charge in [0.05, 0.1) is 0 Å². The van der Waals surface area contributed by atoms with Gasteiger partial charge >= 0.3 is 0 Å². The monoisotopic (exact) mass is 294 g/mol. The highest BCUT2D eigenvalue weighted by molar-refractivity contribution is 7.86. The molecule has 0 unspecified atom stereocenters. The first kappa shape index (κ1) is 14.7. The van der Waals surface area contributed by atoms with E-state index >= 15 is 0 Å². The van der Waals surface area contributed by atoms with Gasteiger partial charge in [-0.25, -0.2) is 4.89 Å². The summed E-state index contributed by atoms with van der Waals surface area (Å²) in [7, 11) is -4.37. The minimum Gasteiger partial charge on any atom is -0.282 e. The maximum atomic E-state index is 11.5. The molecular weight excluding hydrogens is 280 g/mol. The third kappa shape index (κ3) is 3.23. The second-order valence-corrected chi connectivity index (χ2v) is 5.83. The smallest absolute Gasteiger partial charge is 0.282 e. The molecule has 0 saturated heterocycles. The summed E-state index contributed by atoms with van der Waals surface area (Å²) < 4.78 is 32.4. The molecule has 0 radical (unpaired) electrons. The number of rotatable bonds is 4. The third-order valence-electron chi connectivity index (χ3n) is 2.92. The van der Waals surface area contributed by atoms with E-state index in [1.165, 1.54) is 6.07 Å². The first-order valence-corrected chi connectivity index (χ1v) is 7.29. The average molecular weight is 294 g/mol. The topological polar surface area (TPSA) is 83.8 Å². The Morgan fingerprint density at radius 2 is 1.75 bits per heavy atom. The molecule has 0 atom stereocenters. The van der Waals surface area contributed by atoms with E-state index in [1.54, 1.807) is 24.3 Å². The van der Waals surface area contributed by atoms with Crippen LogP contribution in [0.5, 0.6) is 0 Å². The molecule has 2 aromatic carbocycles. The van der Waals surface area contributed by atoms with Gasteiger partial charge in [0.15, 0.2) is 0 Å². The zero-order valence-corrected chi connectivity index (χ0v) is 11.6. The minimum absolute atomic E-state index is 0.156. The standard InChI is InChI=1S/C14H14O5S/c1-10-2-5-12(6-3-10)13-7-4-11(9-19-15)8-14(13)20(16,17)18/h2-8,15H,9H2,1H3,(H,16,17,18). The molecular formula is C14H14O5S. The first-order chi connectivity index (χ1) is 9.41. The van der Waals surface area contributed by atoms with Crippen molar-refractivity contribution in [3.63, 3.8) is 0 Å².